The minimum Gasteiger partial charge on any atom is -0.497 e. The van der Waals surface area contributed by atoms with Gasteiger partial charge in [-0.2, -0.15) is 10.2 Å². The molecule has 2 N–H and O–H groups in total. The van der Waals surface area contributed by atoms with Crippen LogP contribution in [0.15, 0.2) is 85.5 Å². The van der Waals surface area contributed by atoms with Crippen molar-refractivity contribution in [1.29, 1.82) is 0 Å². The molecule has 0 aliphatic heterocycles. The lowest BCUT2D eigenvalue weighted by Gasteiger charge is -2.07. The highest BCUT2D eigenvalue weighted by Crippen LogP contribution is 2.22. The van der Waals surface area contributed by atoms with E-state index in [-0.39, 0.29) is 5.69 Å². The van der Waals surface area contributed by atoms with Crippen molar-refractivity contribution < 1.29 is 14.4 Å². The predicted molar refractivity (Wildman–Crippen MR) is 179 cm³/mol. The molecule has 2 aromatic carbocycles. The second-order valence-corrected chi connectivity index (χ2v) is 10.9. The molecule has 0 unspecified atom stereocenters. The zero-order chi connectivity index (χ0) is 34.0. The Kier molecular flexibility index (Phi) is 10.7. The van der Waals surface area contributed by atoms with Gasteiger partial charge in [0.25, 0.3) is 0 Å². The lowest BCUT2D eigenvalue weighted by Crippen LogP contribution is -2.06. The van der Waals surface area contributed by atoms with Gasteiger partial charge in [0.05, 0.1) is 61.0 Å². The summed E-state index contributed by atoms with van der Waals surface area (Å²) in [7, 11) is 6.97. The van der Waals surface area contributed by atoms with Gasteiger partial charge < -0.3 is 15.2 Å². The fourth-order valence-corrected chi connectivity index (χ4v) is 4.83. The van der Waals surface area contributed by atoms with Crippen molar-refractivity contribution in [2.24, 2.45) is 14.1 Å². The molecule has 0 spiro atoms. The first-order valence-electron chi connectivity index (χ1n) is 15.0. The van der Waals surface area contributed by atoms with E-state index in [9.17, 15) is 10.1 Å². The number of methoxy groups -OCH3 is 2. The Morgan fingerprint density at radius 1 is 0.688 bits per heavy atom. The molecule has 0 amide bonds. The first-order chi connectivity index (χ1) is 23.2. The van der Waals surface area contributed by atoms with Gasteiger partial charge in [-0.3, -0.25) is 19.5 Å². The first kappa shape index (κ1) is 33.2. The molecule has 6 aromatic rings. The van der Waals surface area contributed by atoms with Crippen molar-refractivity contribution in [2.45, 2.75) is 25.7 Å². The minimum absolute atomic E-state index is 0.0828. The lowest BCUT2D eigenvalue weighted by atomic mass is 10.1. The Hall–Kier alpha value is -6.18. The summed E-state index contributed by atoms with van der Waals surface area (Å²) in [6.07, 6.45) is 8.70. The number of nitrogen functional groups attached to an aromatic ring is 1. The van der Waals surface area contributed by atoms with E-state index < -0.39 is 4.92 Å². The molecule has 6 rings (SSSR count). The number of benzene rings is 2. The van der Waals surface area contributed by atoms with Crippen molar-refractivity contribution in [3.63, 3.8) is 0 Å². The molecule has 0 saturated carbocycles. The molecule has 48 heavy (non-hydrogen) atoms. The van der Waals surface area contributed by atoms with Crippen molar-refractivity contribution in [2.75, 3.05) is 20.0 Å². The predicted octanol–water partition coefficient (Wildman–Crippen LogP) is 4.29. The summed E-state index contributed by atoms with van der Waals surface area (Å²) in [4.78, 5) is 28.2. The highest BCUT2D eigenvalue weighted by atomic mass is 16.6. The number of hydrogen-bond donors (Lipinski definition) is 1. The van der Waals surface area contributed by atoms with Gasteiger partial charge in [-0.1, -0.05) is 24.3 Å². The van der Waals surface area contributed by atoms with Crippen LogP contribution in [-0.4, -0.2) is 58.6 Å². The molecule has 0 saturated heterocycles. The summed E-state index contributed by atoms with van der Waals surface area (Å²) >= 11 is 0. The topological polar surface area (TPSA) is 175 Å². The summed E-state index contributed by atoms with van der Waals surface area (Å²) < 4.78 is 13.8. The minimum atomic E-state index is -0.455. The van der Waals surface area contributed by atoms with Crippen LogP contribution in [0.4, 0.5) is 11.4 Å². The molecule has 0 atom stereocenters. The van der Waals surface area contributed by atoms with Gasteiger partial charge in [-0.15, -0.1) is 0 Å². The maximum atomic E-state index is 11.3. The van der Waals surface area contributed by atoms with Gasteiger partial charge in [0.1, 0.15) is 35.0 Å². The summed E-state index contributed by atoms with van der Waals surface area (Å²) in [5.74, 6) is 2.80. The van der Waals surface area contributed by atoms with E-state index in [1.54, 1.807) is 29.8 Å². The van der Waals surface area contributed by atoms with Gasteiger partial charge in [-0.25, -0.2) is 19.9 Å². The molecule has 0 bridgehead atoms. The van der Waals surface area contributed by atoms with Crippen LogP contribution in [0, 0.1) is 10.1 Å². The van der Waals surface area contributed by atoms with Gasteiger partial charge in [0.15, 0.2) is 0 Å². The van der Waals surface area contributed by atoms with Crippen LogP contribution < -0.4 is 15.2 Å². The smallest absolute Gasteiger partial charge is 0.309 e. The molecular weight excluding hydrogens is 612 g/mol. The average Bonchev–Trinajstić information content (AvgIpc) is 3.70. The third-order valence-corrected chi connectivity index (χ3v) is 7.32. The summed E-state index contributed by atoms with van der Waals surface area (Å²) in [6, 6.07) is 19.1. The number of anilines is 1. The third kappa shape index (κ3) is 8.96. The molecule has 14 heteroatoms. The van der Waals surface area contributed by atoms with Crippen LogP contribution in [0.5, 0.6) is 11.5 Å². The van der Waals surface area contributed by atoms with Crippen LogP contribution >= 0.6 is 0 Å². The van der Waals surface area contributed by atoms with E-state index in [0.717, 1.165) is 45.5 Å². The van der Waals surface area contributed by atoms with Gasteiger partial charge in [-0.05, 0) is 47.5 Å². The Morgan fingerprint density at radius 3 is 1.58 bits per heavy atom. The van der Waals surface area contributed by atoms with E-state index in [1.165, 1.54) is 6.20 Å². The van der Waals surface area contributed by atoms with E-state index in [2.05, 4.69) is 30.1 Å². The van der Waals surface area contributed by atoms with Gasteiger partial charge in [0, 0.05) is 39.3 Å². The highest BCUT2D eigenvalue weighted by molar-refractivity contribution is 5.44. The van der Waals surface area contributed by atoms with Crippen molar-refractivity contribution in [3.05, 3.63) is 141 Å². The van der Waals surface area contributed by atoms with Crippen molar-refractivity contribution >= 4 is 11.4 Å². The SMILES string of the molecule is COc1ccc(Cc2nc(Cc3ccn(C)n3)ncc2N)cc1.COc1ccc(Cc2nc(Cc3ccn(C)n3)ncc2[N+](=O)[O-])cc1. The number of aromatic nitrogens is 8. The van der Waals surface area contributed by atoms with E-state index in [4.69, 9.17) is 15.2 Å². The highest BCUT2D eigenvalue weighted by Gasteiger charge is 2.18. The zero-order valence-corrected chi connectivity index (χ0v) is 27.1. The second kappa shape index (κ2) is 15.4. The fourth-order valence-electron chi connectivity index (χ4n) is 4.83. The number of nitrogens with two attached hydrogens (primary N) is 1. The Balaban J connectivity index is 0.000000188. The second-order valence-electron chi connectivity index (χ2n) is 10.9. The monoisotopic (exact) mass is 648 g/mol. The number of hydrogen-bond acceptors (Lipinski definition) is 11. The van der Waals surface area contributed by atoms with Crippen LogP contribution in [0.1, 0.15) is 45.6 Å². The lowest BCUT2D eigenvalue weighted by molar-refractivity contribution is -0.386. The van der Waals surface area contributed by atoms with Crippen LogP contribution in [0.2, 0.25) is 0 Å². The maximum Gasteiger partial charge on any atom is 0.309 e. The zero-order valence-electron chi connectivity index (χ0n) is 27.1. The van der Waals surface area contributed by atoms with E-state index in [1.807, 2.05) is 87.2 Å². The Morgan fingerprint density at radius 2 is 1.15 bits per heavy atom. The Labute approximate surface area is 277 Å². The number of nitro groups is 1. The molecule has 0 aliphatic rings. The number of ether oxygens (including phenoxy) is 2. The average molecular weight is 649 g/mol. The largest absolute Gasteiger partial charge is 0.497 e. The number of rotatable bonds is 11. The molecular formula is C34H36N10O4. The molecule has 4 heterocycles. The van der Waals surface area contributed by atoms with Crippen LogP contribution in [0.3, 0.4) is 0 Å². The van der Waals surface area contributed by atoms with Crippen molar-refractivity contribution in [1.82, 2.24) is 39.5 Å². The molecule has 0 aliphatic carbocycles. The molecule has 14 nitrogen and oxygen atoms in total. The van der Waals surface area contributed by atoms with E-state index >= 15 is 0 Å². The quantitative estimate of drug-likeness (QED) is 0.157. The fraction of sp³-hybridized carbons (Fsp3) is 0.235. The summed E-state index contributed by atoms with van der Waals surface area (Å²) in [6.45, 7) is 0. The number of aryl methyl sites for hydroxylation is 2. The summed E-state index contributed by atoms with van der Waals surface area (Å²) in [5, 5.41) is 19.9. The van der Waals surface area contributed by atoms with Crippen molar-refractivity contribution in [3.8, 4) is 11.5 Å². The molecule has 0 radical (unpaired) electrons. The molecule has 4 aromatic heterocycles. The first-order valence-corrected chi connectivity index (χ1v) is 15.0. The standard InChI is InChI=1S/C17H17N5O3.C17H19N5O/c1-21-8-7-13(20-21)10-17-18-11-16(22(23)24)15(19-17)9-12-3-5-14(25-2)6-4-12;1-22-8-7-13(21-22)10-17-19-11-15(18)16(20-17)9-12-3-5-14(23-2)6-4-12/h3-8,11H,9-10H2,1-2H3;3-8,11H,9-10,18H2,1-2H3. The normalized spacial score (nSPS) is 10.7. The van der Waals surface area contributed by atoms with Crippen LogP contribution in [0.25, 0.3) is 0 Å². The van der Waals surface area contributed by atoms with Gasteiger partial charge >= 0.3 is 5.69 Å². The Bertz CT molecular complexity index is 1970. The third-order valence-electron chi connectivity index (χ3n) is 7.32. The summed E-state index contributed by atoms with van der Waals surface area (Å²) in [5.41, 5.74) is 11.5. The van der Waals surface area contributed by atoms with Crippen LogP contribution in [-0.2, 0) is 39.8 Å². The molecule has 0 fully saturated rings. The number of nitrogens with zero attached hydrogens (tertiary/aromatic N) is 9. The molecule has 246 valence electrons. The maximum absolute atomic E-state index is 11.3. The van der Waals surface area contributed by atoms with Gasteiger partial charge in [0.2, 0.25) is 0 Å². The van der Waals surface area contributed by atoms with E-state index in [0.29, 0.717) is 42.9 Å².